The van der Waals surface area contributed by atoms with Crippen molar-refractivity contribution in [3.63, 3.8) is 0 Å². The van der Waals surface area contributed by atoms with Gasteiger partial charge in [0, 0.05) is 12.8 Å². The van der Waals surface area contributed by atoms with Gasteiger partial charge >= 0.3 is 0 Å². The van der Waals surface area contributed by atoms with E-state index < -0.39 is 0 Å². The van der Waals surface area contributed by atoms with E-state index in [0.717, 1.165) is 19.4 Å². The molecule has 0 bridgehead atoms. The van der Waals surface area contributed by atoms with E-state index in [1.165, 1.54) is 24.0 Å². The molecule has 1 aromatic carbocycles. The number of carbonyl (C=O) groups excluding carboxylic acids is 1. The third kappa shape index (κ3) is 6.02. The molecule has 0 saturated heterocycles. The van der Waals surface area contributed by atoms with Gasteiger partial charge in [0.2, 0.25) is 0 Å². The number of ketones is 1. The Morgan fingerprint density at radius 3 is 2.58 bits per heavy atom. The fourth-order valence-corrected chi connectivity index (χ4v) is 2.55. The van der Waals surface area contributed by atoms with Crippen LogP contribution in [0, 0.1) is 12.8 Å². The molecule has 2 heteroatoms. The molecule has 2 nitrogen and oxygen atoms in total. The summed E-state index contributed by atoms with van der Waals surface area (Å²) in [4.78, 5) is 12.0. The van der Waals surface area contributed by atoms with E-state index in [4.69, 9.17) is 5.73 Å². The second-order valence-electron chi connectivity index (χ2n) is 5.41. The zero-order valence-corrected chi connectivity index (χ0v) is 12.3. The molecule has 1 atom stereocenters. The average Bonchev–Trinajstić information content (AvgIpc) is 2.39. The highest BCUT2D eigenvalue weighted by molar-refractivity contribution is 5.81. The smallest absolute Gasteiger partial charge is 0.137 e. The van der Waals surface area contributed by atoms with Crippen LogP contribution < -0.4 is 5.73 Å². The summed E-state index contributed by atoms with van der Waals surface area (Å²) in [5.74, 6) is 0.975. The van der Waals surface area contributed by atoms with Crippen molar-refractivity contribution in [2.45, 2.75) is 52.4 Å². The third-order valence-electron chi connectivity index (χ3n) is 3.75. The minimum absolute atomic E-state index is 0.354. The van der Waals surface area contributed by atoms with Crippen molar-refractivity contribution in [2.75, 3.05) is 6.54 Å². The lowest BCUT2D eigenvalue weighted by Crippen LogP contribution is -2.12. The number of carbonyl (C=O) groups is 1. The molecule has 0 aliphatic carbocycles. The first-order valence-corrected chi connectivity index (χ1v) is 7.43. The van der Waals surface area contributed by atoms with Crippen LogP contribution in [-0.2, 0) is 11.2 Å². The maximum atomic E-state index is 12.0. The van der Waals surface area contributed by atoms with Crippen LogP contribution in [0.1, 0.15) is 50.2 Å². The van der Waals surface area contributed by atoms with E-state index in [1.54, 1.807) is 0 Å². The Hall–Kier alpha value is -1.15. The van der Waals surface area contributed by atoms with Gasteiger partial charge in [0.1, 0.15) is 5.78 Å². The molecule has 19 heavy (non-hydrogen) atoms. The van der Waals surface area contributed by atoms with Gasteiger partial charge in [-0.3, -0.25) is 4.79 Å². The molecule has 0 heterocycles. The first-order valence-electron chi connectivity index (χ1n) is 7.43. The van der Waals surface area contributed by atoms with Crippen LogP contribution in [0.5, 0.6) is 0 Å². The summed E-state index contributed by atoms with van der Waals surface area (Å²) in [7, 11) is 0. The number of aryl methyl sites for hydroxylation is 1. The number of Topliss-reactive ketones (excluding diaryl/α,β-unsaturated/α-hetero) is 1. The van der Waals surface area contributed by atoms with Crippen molar-refractivity contribution in [3.8, 4) is 0 Å². The molecule has 1 aromatic rings. The van der Waals surface area contributed by atoms with Gasteiger partial charge in [-0.1, -0.05) is 44.0 Å². The van der Waals surface area contributed by atoms with Crippen molar-refractivity contribution in [3.05, 3.63) is 35.4 Å². The minimum atomic E-state index is 0.354. The number of hydrogen-bond acceptors (Lipinski definition) is 2. The summed E-state index contributed by atoms with van der Waals surface area (Å²) in [5.41, 5.74) is 8.00. The molecular weight excluding hydrogens is 234 g/mol. The summed E-state index contributed by atoms with van der Waals surface area (Å²) in [5, 5.41) is 0. The molecule has 1 unspecified atom stereocenters. The fraction of sp³-hybridized carbons (Fsp3) is 0.588. The average molecular weight is 261 g/mol. The summed E-state index contributed by atoms with van der Waals surface area (Å²) in [6.07, 6.45) is 5.68. The molecule has 0 aromatic heterocycles. The van der Waals surface area contributed by atoms with Gasteiger partial charge in [-0.25, -0.2) is 0 Å². The fourth-order valence-electron chi connectivity index (χ4n) is 2.55. The lowest BCUT2D eigenvalue weighted by atomic mass is 9.92. The molecule has 106 valence electrons. The largest absolute Gasteiger partial charge is 0.330 e. The number of rotatable bonds is 9. The quantitative estimate of drug-likeness (QED) is 0.737. The molecule has 1 rings (SSSR count). The highest BCUT2D eigenvalue weighted by Gasteiger charge is 2.11. The Balaban J connectivity index is 2.40. The zero-order chi connectivity index (χ0) is 14.1. The van der Waals surface area contributed by atoms with Gasteiger partial charge in [0.15, 0.2) is 0 Å². The Bertz CT molecular complexity index is 381. The van der Waals surface area contributed by atoms with Gasteiger partial charge < -0.3 is 5.73 Å². The van der Waals surface area contributed by atoms with Gasteiger partial charge in [0.05, 0.1) is 0 Å². The predicted octanol–water partition coefficient (Wildman–Crippen LogP) is 3.65. The first-order chi connectivity index (χ1) is 9.17. The van der Waals surface area contributed by atoms with E-state index in [-0.39, 0.29) is 0 Å². The van der Waals surface area contributed by atoms with Crippen LogP contribution in [0.2, 0.25) is 0 Å². The number of nitrogens with two attached hydrogens (primary N) is 1. The molecular formula is C17H27NO. The highest BCUT2D eigenvalue weighted by Crippen LogP contribution is 2.18. The van der Waals surface area contributed by atoms with Crippen molar-refractivity contribution in [2.24, 2.45) is 11.7 Å². The van der Waals surface area contributed by atoms with E-state index >= 15 is 0 Å². The summed E-state index contributed by atoms with van der Waals surface area (Å²) in [6.45, 7) is 4.99. The topological polar surface area (TPSA) is 43.1 Å². The normalized spacial score (nSPS) is 12.4. The molecule has 0 amide bonds. The van der Waals surface area contributed by atoms with Gasteiger partial charge in [0.25, 0.3) is 0 Å². The van der Waals surface area contributed by atoms with E-state index in [2.05, 4.69) is 26.0 Å². The molecule has 0 saturated carbocycles. The predicted molar refractivity (Wildman–Crippen MR) is 81.2 cm³/mol. The van der Waals surface area contributed by atoms with Crippen LogP contribution >= 0.6 is 0 Å². The van der Waals surface area contributed by atoms with Crippen molar-refractivity contribution < 1.29 is 4.79 Å². The molecule has 0 spiro atoms. The monoisotopic (exact) mass is 261 g/mol. The maximum absolute atomic E-state index is 12.0. The summed E-state index contributed by atoms with van der Waals surface area (Å²) < 4.78 is 0. The van der Waals surface area contributed by atoms with Gasteiger partial charge in [-0.15, -0.1) is 0 Å². The van der Waals surface area contributed by atoms with Gasteiger partial charge in [-0.05, 0) is 43.4 Å². The molecule has 2 N–H and O–H groups in total. The van der Waals surface area contributed by atoms with Crippen LogP contribution in [-0.4, -0.2) is 12.3 Å². The van der Waals surface area contributed by atoms with Crippen LogP contribution in [0.4, 0.5) is 0 Å². The third-order valence-corrected chi connectivity index (χ3v) is 3.75. The molecule has 0 aliphatic heterocycles. The van der Waals surface area contributed by atoms with E-state index in [9.17, 15) is 4.79 Å². The van der Waals surface area contributed by atoms with E-state index in [0.29, 0.717) is 24.5 Å². The molecule has 0 fully saturated rings. The Morgan fingerprint density at radius 1 is 1.21 bits per heavy atom. The number of hydrogen-bond donors (Lipinski definition) is 1. The van der Waals surface area contributed by atoms with Crippen LogP contribution in [0.25, 0.3) is 0 Å². The van der Waals surface area contributed by atoms with Crippen LogP contribution in [0.3, 0.4) is 0 Å². The SMILES string of the molecule is CCCC(CCN)CCC(=O)Cc1ccccc1C. The van der Waals surface area contributed by atoms with Crippen molar-refractivity contribution >= 4 is 5.78 Å². The lowest BCUT2D eigenvalue weighted by Gasteiger charge is -2.14. The molecule has 0 aliphatic rings. The maximum Gasteiger partial charge on any atom is 0.137 e. The standard InChI is InChI=1S/C17H27NO/c1-3-6-15(11-12-18)9-10-17(19)13-16-8-5-4-7-14(16)2/h4-5,7-8,15H,3,6,9-13,18H2,1-2H3. The second-order valence-corrected chi connectivity index (χ2v) is 5.41. The van der Waals surface area contributed by atoms with E-state index in [1.807, 2.05) is 12.1 Å². The Labute approximate surface area is 117 Å². The first kappa shape index (κ1) is 15.9. The van der Waals surface area contributed by atoms with Gasteiger partial charge in [-0.2, -0.15) is 0 Å². The Kier molecular flexibility index (Phi) is 7.42. The zero-order valence-electron chi connectivity index (χ0n) is 12.3. The minimum Gasteiger partial charge on any atom is -0.330 e. The van der Waals surface area contributed by atoms with Crippen LogP contribution in [0.15, 0.2) is 24.3 Å². The number of benzene rings is 1. The summed E-state index contributed by atoms with van der Waals surface area (Å²) in [6, 6.07) is 8.14. The lowest BCUT2D eigenvalue weighted by molar-refractivity contribution is -0.118. The highest BCUT2D eigenvalue weighted by atomic mass is 16.1. The van der Waals surface area contributed by atoms with Crippen molar-refractivity contribution in [1.29, 1.82) is 0 Å². The summed E-state index contributed by atoms with van der Waals surface area (Å²) >= 11 is 0. The van der Waals surface area contributed by atoms with Crippen molar-refractivity contribution in [1.82, 2.24) is 0 Å². The Morgan fingerprint density at radius 2 is 1.95 bits per heavy atom. The molecule has 0 radical (unpaired) electrons. The second kappa shape index (κ2) is 8.87.